The van der Waals surface area contributed by atoms with E-state index in [0.29, 0.717) is 12.2 Å². The van der Waals surface area contributed by atoms with Crippen molar-refractivity contribution < 1.29 is 13.9 Å². The summed E-state index contributed by atoms with van der Waals surface area (Å²) in [5, 5.41) is 2.41. The Balaban J connectivity index is 1.60. The number of ether oxygens (including phenoxy) is 1. The summed E-state index contributed by atoms with van der Waals surface area (Å²) in [4.78, 5) is 11.4. The first-order valence-electron chi connectivity index (χ1n) is 9.88. The Morgan fingerprint density at radius 3 is 2.33 bits per heavy atom. The molecule has 30 heavy (non-hydrogen) atoms. The first-order valence-corrected chi connectivity index (χ1v) is 9.88. The molecule has 0 aliphatic carbocycles. The van der Waals surface area contributed by atoms with Crippen molar-refractivity contribution >= 4 is 22.8 Å². The van der Waals surface area contributed by atoms with Crippen molar-refractivity contribution in [3.63, 3.8) is 0 Å². The molecule has 0 bridgehead atoms. The Kier molecular flexibility index (Phi) is 5.71. The second-order valence-corrected chi connectivity index (χ2v) is 6.93. The first kappa shape index (κ1) is 19.6. The van der Waals surface area contributed by atoms with Crippen LogP contribution in [0.1, 0.15) is 12.5 Å². The van der Waals surface area contributed by atoms with Crippen molar-refractivity contribution in [3.05, 3.63) is 102 Å². The number of rotatable bonds is 5. The lowest BCUT2D eigenvalue weighted by Crippen LogP contribution is -1.98. The normalized spacial score (nSPS) is 11.1. The van der Waals surface area contributed by atoms with Crippen LogP contribution in [0.2, 0.25) is 0 Å². The molecule has 0 fully saturated rings. The zero-order valence-corrected chi connectivity index (χ0v) is 16.6. The Morgan fingerprint density at radius 2 is 1.57 bits per heavy atom. The quantitative estimate of drug-likeness (QED) is 0.271. The Hall–Kier alpha value is -3.72. The molecule has 0 unspecified atom stereocenters. The number of hydrogen-bond donors (Lipinski definition) is 0. The van der Waals surface area contributed by atoms with Gasteiger partial charge in [-0.15, -0.1) is 0 Å². The molecule has 0 aliphatic heterocycles. The monoisotopic (exact) mass is 396 g/mol. The van der Waals surface area contributed by atoms with Gasteiger partial charge < -0.3 is 4.74 Å². The largest absolute Gasteiger partial charge is 0.463 e. The molecule has 0 N–H and O–H groups in total. The van der Waals surface area contributed by atoms with Crippen LogP contribution in [-0.2, 0) is 9.53 Å². The van der Waals surface area contributed by atoms with E-state index in [2.05, 4.69) is 42.5 Å². The van der Waals surface area contributed by atoms with Crippen LogP contribution in [0, 0.1) is 5.82 Å². The maximum absolute atomic E-state index is 14.5. The van der Waals surface area contributed by atoms with Gasteiger partial charge in [0.1, 0.15) is 5.82 Å². The van der Waals surface area contributed by atoms with Crippen molar-refractivity contribution in [3.8, 4) is 22.3 Å². The number of carbonyl (C=O) groups excluding carboxylic acids is 1. The molecule has 4 rings (SSSR count). The van der Waals surface area contributed by atoms with Gasteiger partial charge in [-0.2, -0.15) is 0 Å². The van der Waals surface area contributed by atoms with Crippen LogP contribution in [0.3, 0.4) is 0 Å². The van der Waals surface area contributed by atoms with Gasteiger partial charge in [0.2, 0.25) is 0 Å². The van der Waals surface area contributed by atoms with Crippen LogP contribution < -0.4 is 0 Å². The number of hydrogen-bond acceptors (Lipinski definition) is 2. The van der Waals surface area contributed by atoms with E-state index >= 15 is 0 Å². The van der Waals surface area contributed by atoms with Crippen molar-refractivity contribution in [2.24, 2.45) is 0 Å². The highest BCUT2D eigenvalue weighted by Crippen LogP contribution is 2.31. The van der Waals surface area contributed by atoms with E-state index in [4.69, 9.17) is 4.74 Å². The minimum absolute atomic E-state index is 0.291. The lowest BCUT2D eigenvalue weighted by atomic mass is 9.96. The second-order valence-electron chi connectivity index (χ2n) is 6.93. The molecule has 2 nitrogen and oxygen atoms in total. The van der Waals surface area contributed by atoms with Gasteiger partial charge >= 0.3 is 5.97 Å². The van der Waals surface area contributed by atoms with Crippen LogP contribution in [-0.4, -0.2) is 12.6 Å². The van der Waals surface area contributed by atoms with Gasteiger partial charge in [-0.3, -0.25) is 0 Å². The molecule has 0 amide bonds. The number of fused-ring (bicyclic) bond motifs is 1. The van der Waals surface area contributed by atoms with Gasteiger partial charge in [0.15, 0.2) is 0 Å². The average molecular weight is 396 g/mol. The zero-order chi connectivity index (χ0) is 20.9. The molecular weight excluding hydrogens is 375 g/mol. The maximum Gasteiger partial charge on any atom is 0.330 e. The van der Waals surface area contributed by atoms with Crippen LogP contribution in [0.25, 0.3) is 39.1 Å². The molecule has 0 spiro atoms. The molecule has 0 aromatic heterocycles. The maximum atomic E-state index is 14.5. The zero-order valence-electron chi connectivity index (χ0n) is 16.6. The predicted molar refractivity (Wildman–Crippen MR) is 120 cm³/mol. The predicted octanol–water partition coefficient (Wildman–Crippen LogP) is 6.89. The summed E-state index contributed by atoms with van der Waals surface area (Å²) < 4.78 is 19.3. The van der Waals surface area contributed by atoms with Crippen molar-refractivity contribution in [2.45, 2.75) is 6.92 Å². The molecule has 0 heterocycles. The fourth-order valence-electron chi connectivity index (χ4n) is 3.51. The molecule has 0 saturated heterocycles. The first-order chi connectivity index (χ1) is 14.7. The van der Waals surface area contributed by atoms with E-state index < -0.39 is 5.97 Å². The number of halogens is 1. The molecule has 0 aliphatic rings. The smallest absolute Gasteiger partial charge is 0.330 e. The summed E-state index contributed by atoms with van der Waals surface area (Å²) in [5.41, 5.74) is 4.35. The van der Waals surface area contributed by atoms with E-state index in [1.807, 2.05) is 30.3 Å². The lowest BCUT2D eigenvalue weighted by molar-refractivity contribution is -0.137. The third-order valence-corrected chi connectivity index (χ3v) is 5.00. The SMILES string of the molecule is CCOC(=O)/C=C/c1ccc(-c2ccc(-c3cccc4ccccc34)cc2)cc1F. The summed E-state index contributed by atoms with van der Waals surface area (Å²) in [5.74, 6) is -0.865. The highest BCUT2D eigenvalue weighted by atomic mass is 19.1. The van der Waals surface area contributed by atoms with Gasteiger partial charge in [-0.05, 0) is 52.1 Å². The van der Waals surface area contributed by atoms with Gasteiger partial charge in [-0.25, -0.2) is 9.18 Å². The van der Waals surface area contributed by atoms with Crippen LogP contribution >= 0.6 is 0 Å². The summed E-state index contributed by atoms with van der Waals surface area (Å²) >= 11 is 0. The fraction of sp³-hybridized carbons (Fsp3) is 0.0741. The summed E-state index contributed by atoms with van der Waals surface area (Å²) in [6.07, 6.45) is 2.67. The topological polar surface area (TPSA) is 26.3 Å². The molecule has 0 radical (unpaired) electrons. The molecule has 4 aromatic carbocycles. The highest BCUT2D eigenvalue weighted by Gasteiger charge is 2.07. The molecule has 0 saturated carbocycles. The minimum Gasteiger partial charge on any atom is -0.463 e. The van der Waals surface area contributed by atoms with Crippen LogP contribution in [0.15, 0.2) is 91.0 Å². The molecular formula is C27H21FO2. The molecule has 4 aromatic rings. The molecule has 3 heteroatoms. The van der Waals surface area contributed by atoms with Crippen LogP contribution in [0.5, 0.6) is 0 Å². The molecule has 148 valence electrons. The number of esters is 1. The van der Waals surface area contributed by atoms with Gasteiger partial charge in [0.25, 0.3) is 0 Å². The van der Waals surface area contributed by atoms with Crippen molar-refractivity contribution in [1.82, 2.24) is 0 Å². The van der Waals surface area contributed by atoms with E-state index in [1.54, 1.807) is 13.0 Å². The third kappa shape index (κ3) is 4.15. The standard InChI is InChI=1S/C27H21FO2/c1-2-30-27(29)17-16-22-14-15-23(18-26(22)28)19-10-12-21(13-11-19)25-9-5-7-20-6-3-4-8-24(20)25/h3-18H,2H2,1H3/b17-16+. The van der Waals surface area contributed by atoms with E-state index in [-0.39, 0.29) is 5.82 Å². The summed E-state index contributed by atoms with van der Waals surface area (Å²) in [6, 6.07) is 27.7. The third-order valence-electron chi connectivity index (χ3n) is 5.00. The average Bonchev–Trinajstić information content (AvgIpc) is 2.78. The van der Waals surface area contributed by atoms with Crippen LogP contribution in [0.4, 0.5) is 4.39 Å². The fourth-order valence-corrected chi connectivity index (χ4v) is 3.51. The Labute approximate surface area is 175 Å². The second kappa shape index (κ2) is 8.75. The molecule has 0 atom stereocenters. The number of benzene rings is 4. The highest BCUT2D eigenvalue weighted by molar-refractivity contribution is 5.96. The van der Waals surface area contributed by atoms with Gasteiger partial charge in [-0.1, -0.05) is 78.9 Å². The Morgan fingerprint density at radius 1 is 0.867 bits per heavy atom. The minimum atomic E-state index is -0.481. The van der Waals surface area contributed by atoms with Crippen molar-refractivity contribution in [2.75, 3.05) is 6.61 Å². The van der Waals surface area contributed by atoms with E-state index in [0.717, 1.165) is 16.7 Å². The van der Waals surface area contributed by atoms with Gasteiger partial charge in [0, 0.05) is 11.6 Å². The number of carbonyl (C=O) groups is 1. The van der Waals surface area contributed by atoms with E-state index in [1.165, 1.54) is 34.6 Å². The summed E-state index contributed by atoms with van der Waals surface area (Å²) in [6.45, 7) is 2.02. The van der Waals surface area contributed by atoms with E-state index in [9.17, 15) is 9.18 Å². The Bertz CT molecular complexity index is 1220. The van der Waals surface area contributed by atoms with Crippen molar-refractivity contribution in [1.29, 1.82) is 0 Å². The summed E-state index contributed by atoms with van der Waals surface area (Å²) in [7, 11) is 0. The lowest BCUT2D eigenvalue weighted by Gasteiger charge is -2.09. The van der Waals surface area contributed by atoms with Gasteiger partial charge in [0.05, 0.1) is 6.61 Å².